The molecule has 0 radical (unpaired) electrons. The van der Waals surface area contributed by atoms with Gasteiger partial charge in [0.25, 0.3) is 0 Å². The highest BCUT2D eigenvalue weighted by molar-refractivity contribution is 7.89. The molecule has 1 aromatic carbocycles. The SMILES string of the molecule is Cc1cc(F)cc(C)c1S(=O)(=O)NC(C)CC(=O)O. The van der Waals surface area contributed by atoms with E-state index in [0.29, 0.717) is 0 Å². The van der Waals surface area contributed by atoms with Crippen LogP contribution in [0.3, 0.4) is 0 Å². The molecule has 5 nitrogen and oxygen atoms in total. The molecule has 1 aromatic rings. The summed E-state index contributed by atoms with van der Waals surface area (Å²) in [5.74, 6) is -1.60. The molecule has 0 aromatic heterocycles. The fourth-order valence-electron chi connectivity index (χ4n) is 1.95. The van der Waals surface area contributed by atoms with Crippen molar-refractivity contribution >= 4 is 16.0 Å². The van der Waals surface area contributed by atoms with Gasteiger partial charge in [0.1, 0.15) is 5.82 Å². The van der Waals surface area contributed by atoms with E-state index in [4.69, 9.17) is 5.11 Å². The van der Waals surface area contributed by atoms with Crippen LogP contribution in [0.15, 0.2) is 17.0 Å². The van der Waals surface area contributed by atoms with Crippen molar-refractivity contribution in [2.45, 2.75) is 38.1 Å². The number of aryl methyl sites for hydroxylation is 2. The summed E-state index contributed by atoms with van der Waals surface area (Å²) in [5, 5.41) is 8.61. The largest absolute Gasteiger partial charge is 0.481 e. The molecule has 1 atom stereocenters. The minimum atomic E-state index is -3.86. The smallest absolute Gasteiger partial charge is 0.304 e. The fourth-order valence-corrected chi connectivity index (χ4v) is 3.65. The molecule has 0 amide bonds. The van der Waals surface area contributed by atoms with E-state index in [9.17, 15) is 17.6 Å². The molecule has 0 fully saturated rings. The molecule has 0 saturated carbocycles. The van der Waals surface area contributed by atoms with Gasteiger partial charge in [-0.05, 0) is 44.0 Å². The minimum Gasteiger partial charge on any atom is -0.481 e. The molecule has 2 N–H and O–H groups in total. The Hall–Kier alpha value is -1.47. The van der Waals surface area contributed by atoms with Gasteiger partial charge in [-0.25, -0.2) is 17.5 Å². The first kappa shape index (κ1) is 15.6. The molecule has 0 bridgehead atoms. The van der Waals surface area contributed by atoms with E-state index in [-0.39, 0.29) is 22.4 Å². The number of benzene rings is 1. The quantitative estimate of drug-likeness (QED) is 0.862. The minimum absolute atomic E-state index is 0.00820. The van der Waals surface area contributed by atoms with Gasteiger partial charge in [-0.2, -0.15) is 0 Å². The number of carboxylic acid groups (broad SMARTS) is 1. The molecule has 1 rings (SSSR count). The lowest BCUT2D eigenvalue weighted by atomic mass is 10.1. The number of carboxylic acids is 1. The van der Waals surface area contributed by atoms with Gasteiger partial charge >= 0.3 is 5.97 Å². The van der Waals surface area contributed by atoms with E-state index in [1.807, 2.05) is 0 Å². The number of hydrogen-bond donors (Lipinski definition) is 2. The number of hydrogen-bond acceptors (Lipinski definition) is 3. The Morgan fingerprint density at radius 2 is 1.84 bits per heavy atom. The van der Waals surface area contributed by atoms with Gasteiger partial charge in [0, 0.05) is 6.04 Å². The van der Waals surface area contributed by atoms with Gasteiger partial charge in [-0.1, -0.05) is 0 Å². The number of sulfonamides is 1. The van der Waals surface area contributed by atoms with Crippen LogP contribution in [0.5, 0.6) is 0 Å². The molecule has 0 aliphatic heterocycles. The van der Waals surface area contributed by atoms with Crippen LogP contribution in [0.2, 0.25) is 0 Å². The molecule has 1 unspecified atom stereocenters. The van der Waals surface area contributed by atoms with Crippen LogP contribution in [-0.4, -0.2) is 25.5 Å². The Kier molecular flexibility index (Phi) is 4.65. The maximum Gasteiger partial charge on any atom is 0.304 e. The molecule has 19 heavy (non-hydrogen) atoms. The van der Waals surface area contributed by atoms with Gasteiger partial charge in [-0.3, -0.25) is 4.79 Å². The monoisotopic (exact) mass is 289 g/mol. The van der Waals surface area contributed by atoms with E-state index in [0.717, 1.165) is 12.1 Å². The predicted molar refractivity (Wildman–Crippen MR) is 67.9 cm³/mol. The van der Waals surface area contributed by atoms with E-state index in [1.165, 1.54) is 20.8 Å². The second-order valence-electron chi connectivity index (χ2n) is 4.49. The topological polar surface area (TPSA) is 83.5 Å². The first-order valence-corrected chi connectivity index (χ1v) is 7.12. The molecule has 0 aliphatic carbocycles. The predicted octanol–water partition coefficient (Wildman–Crippen LogP) is 1.58. The Morgan fingerprint density at radius 3 is 2.26 bits per heavy atom. The molecule has 0 saturated heterocycles. The second-order valence-corrected chi connectivity index (χ2v) is 6.14. The van der Waals surface area contributed by atoms with Crippen LogP contribution in [0, 0.1) is 19.7 Å². The summed E-state index contributed by atoms with van der Waals surface area (Å²) < 4.78 is 39.7. The van der Waals surface area contributed by atoms with E-state index in [1.54, 1.807) is 0 Å². The lowest BCUT2D eigenvalue weighted by Gasteiger charge is -2.15. The molecule has 0 aliphatic rings. The van der Waals surface area contributed by atoms with Crippen LogP contribution in [0.4, 0.5) is 4.39 Å². The molecule has 0 spiro atoms. The fraction of sp³-hybridized carbons (Fsp3) is 0.417. The van der Waals surface area contributed by atoms with Crippen molar-refractivity contribution in [3.63, 3.8) is 0 Å². The van der Waals surface area contributed by atoms with Crippen molar-refractivity contribution in [1.82, 2.24) is 4.72 Å². The summed E-state index contributed by atoms with van der Waals surface area (Å²) in [6.45, 7) is 4.44. The Bertz CT molecular complexity index is 575. The highest BCUT2D eigenvalue weighted by atomic mass is 32.2. The summed E-state index contributed by atoms with van der Waals surface area (Å²) in [7, 11) is -3.86. The van der Waals surface area contributed by atoms with Crippen molar-refractivity contribution in [3.05, 3.63) is 29.1 Å². The summed E-state index contributed by atoms with van der Waals surface area (Å²) in [6.07, 6.45) is -0.321. The third kappa shape index (κ3) is 4.00. The van der Waals surface area contributed by atoms with Crippen LogP contribution in [0.1, 0.15) is 24.5 Å². The van der Waals surface area contributed by atoms with Gasteiger partial charge in [-0.15, -0.1) is 0 Å². The number of rotatable bonds is 5. The zero-order valence-corrected chi connectivity index (χ0v) is 11.7. The molecular formula is C12H16FNO4S. The number of nitrogens with one attached hydrogen (secondary N) is 1. The average Bonchev–Trinajstić information content (AvgIpc) is 2.10. The Labute approximate surface area is 111 Å². The van der Waals surface area contributed by atoms with Crippen molar-refractivity contribution in [3.8, 4) is 0 Å². The molecular weight excluding hydrogens is 273 g/mol. The van der Waals surface area contributed by atoms with E-state index >= 15 is 0 Å². The summed E-state index contributed by atoms with van der Waals surface area (Å²) in [4.78, 5) is 10.5. The van der Waals surface area contributed by atoms with E-state index in [2.05, 4.69) is 4.72 Å². The van der Waals surface area contributed by atoms with Crippen molar-refractivity contribution in [1.29, 1.82) is 0 Å². The third-order valence-corrected chi connectivity index (χ3v) is 4.43. The Morgan fingerprint density at radius 1 is 1.37 bits per heavy atom. The van der Waals surface area contributed by atoms with Gasteiger partial charge < -0.3 is 5.11 Å². The first-order chi connectivity index (χ1) is 8.63. The Balaban J connectivity index is 3.11. The van der Waals surface area contributed by atoms with E-state index < -0.39 is 27.9 Å². The molecule has 7 heteroatoms. The maximum atomic E-state index is 13.1. The summed E-state index contributed by atoms with van der Waals surface area (Å²) in [6, 6.07) is 1.51. The number of aliphatic carboxylic acids is 1. The summed E-state index contributed by atoms with van der Waals surface area (Å²) >= 11 is 0. The highest BCUT2D eigenvalue weighted by Gasteiger charge is 2.23. The van der Waals surface area contributed by atoms with Crippen molar-refractivity contribution in [2.75, 3.05) is 0 Å². The average molecular weight is 289 g/mol. The lowest BCUT2D eigenvalue weighted by Crippen LogP contribution is -2.35. The van der Waals surface area contributed by atoms with Crippen LogP contribution >= 0.6 is 0 Å². The maximum absolute atomic E-state index is 13.1. The molecule has 106 valence electrons. The lowest BCUT2D eigenvalue weighted by molar-refractivity contribution is -0.137. The second kappa shape index (κ2) is 5.66. The van der Waals surface area contributed by atoms with Crippen LogP contribution in [0.25, 0.3) is 0 Å². The van der Waals surface area contributed by atoms with Gasteiger partial charge in [0.05, 0.1) is 11.3 Å². The summed E-state index contributed by atoms with van der Waals surface area (Å²) in [5.41, 5.74) is 0.569. The van der Waals surface area contributed by atoms with Crippen molar-refractivity contribution < 1.29 is 22.7 Å². The normalized spacial score (nSPS) is 13.3. The van der Waals surface area contributed by atoms with Crippen molar-refractivity contribution in [2.24, 2.45) is 0 Å². The van der Waals surface area contributed by atoms with Gasteiger partial charge in [0.15, 0.2) is 0 Å². The highest BCUT2D eigenvalue weighted by Crippen LogP contribution is 2.21. The van der Waals surface area contributed by atoms with Crippen LogP contribution < -0.4 is 4.72 Å². The third-order valence-electron chi connectivity index (χ3n) is 2.53. The first-order valence-electron chi connectivity index (χ1n) is 5.64. The zero-order valence-electron chi connectivity index (χ0n) is 10.9. The number of halogens is 1. The number of carbonyl (C=O) groups is 1. The van der Waals surface area contributed by atoms with Crippen LogP contribution in [-0.2, 0) is 14.8 Å². The zero-order chi connectivity index (χ0) is 14.8. The standard InChI is InChI=1S/C12H16FNO4S/c1-7-4-10(13)5-8(2)12(7)19(17,18)14-9(3)6-11(15)16/h4-5,9,14H,6H2,1-3H3,(H,15,16). The van der Waals surface area contributed by atoms with Gasteiger partial charge in [0.2, 0.25) is 10.0 Å². The molecule has 0 heterocycles.